The highest BCUT2D eigenvalue weighted by Crippen LogP contribution is 2.14. The van der Waals surface area contributed by atoms with Crippen LogP contribution in [0.4, 0.5) is 0 Å². The first kappa shape index (κ1) is 18.7. The Morgan fingerprint density at radius 3 is 1.91 bits per heavy atom. The second kappa shape index (κ2) is 13.3. The van der Waals surface area contributed by atoms with Crippen LogP contribution in [0.1, 0.15) is 75.8 Å². The second-order valence-electron chi connectivity index (χ2n) is 5.88. The number of allylic oxidation sites excluding steroid dienone is 1. The largest absolute Gasteiger partial charge is 0.392 e. The number of aliphatic hydroxyl groups is 1. The lowest BCUT2D eigenvalue weighted by atomic mass is 10.0. The zero-order chi connectivity index (χ0) is 15.9. The third-order valence-electron chi connectivity index (χ3n) is 3.92. The van der Waals surface area contributed by atoms with E-state index >= 15 is 0 Å². The molecule has 0 aliphatic heterocycles. The van der Waals surface area contributed by atoms with Gasteiger partial charge in [0.1, 0.15) is 0 Å². The van der Waals surface area contributed by atoms with Gasteiger partial charge in [0.15, 0.2) is 0 Å². The van der Waals surface area contributed by atoms with Gasteiger partial charge in [0.25, 0.3) is 0 Å². The summed E-state index contributed by atoms with van der Waals surface area (Å²) in [7, 11) is 0. The van der Waals surface area contributed by atoms with E-state index in [1.165, 1.54) is 62.5 Å². The van der Waals surface area contributed by atoms with E-state index in [4.69, 9.17) is 5.11 Å². The highest BCUT2D eigenvalue weighted by atomic mass is 16.2. The SMILES string of the molecule is CCCCCCCCCCC=Cc1ccccc1C=CCO. The van der Waals surface area contributed by atoms with Gasteiger partial charge in [0.05, 0.1) is 6.61 Å². The smallest absolute Gasteiger partial charge is 0.0615 e. The molecule has 1 N–H and O–H groups in total. The zero-order valence-corrected chi connectivity index (χ0v) is 14.1. The van der Waals surface area contributed by atoms with Crippen molar-refractivity contribution in [2.45, 2.75) is 64.7 Å². The van der Waals surface area contributed by atoms with Crippen LogP contribution >= 0.6 is 0 Å². The standard InChI is InChI=1S/C21H32O/c1-2-3-4-5-6-7-8-9-10-11-15-20-16-12-13-17-21(20)18-14-19-22/h11-18,22H,2-10,19H2,1H3. The van der Waals surface area contributed by atoms with Crippen LogP contribution in [0.25, 0.3) is 12.2 Å². The molecule has 0 atom stereocenters. The molecule has 0 heterocycles. The predicted octanol–water partition coefficient (Wildman–Crippen LogP) is 6.24. The van der Waals surface area contributed by atoms with E-state index in [-0.39, 0.29) is 6.61 Å². The van der Waals surface area contributed by atoms with Gasteiger partial charge in [-0.3, -0.25) is 0 Å². The van der Waals surface area contributed by atoms with Crippen LogP contribution in [0, 0.1) is 0 Å². The van der Waals surface area contributed by atoms with Gasteiger partial charge in [-0.1, -0.05) is 100 Å². The number of unbranched alkanes of at least 4 members (excludes halogenated alkanes) is 8. The molecule has 1 rings (SSSR count). The lowest BCUT2D eigenvalue weighted by Crippen LogP contribution is -1.82. The maximum absolute atomic E-state index is 8.88. The molecule has 0 aliphatic rings. The van der Waals surface area contributed by atoms with Crippen molar-refractivity contribution in [1.29, 1.82) is 0 Å². The van der Waals surface area contributed by atoms with Gasteiger partial charge in [-0.15, -0.1) is 0 Å². The third-order valence-corrected chi connectivity index (χ3v) is 3.92. The molecule has 22 heavy (non-hydrogen) atoms. The Morgan fingerprint density at radius 1 is 0.773 bits per heavy atom. The molecule has 1 nitrogen and oxygen atoms in total. The molecule has 0 bridgehead atoms. The summed E-state index contributed by atoms with van der Waals surface area (Å²) in [5.74, 6) is 0. The average Bonchev–Trinajstić information content (AvgIpc) is 2.55. The highest BCUT2D eigenvalue weighted by molar-refractivity contribution is 5.65. The van der Waals surface area contributed by atoms with Crippen molar-refractivity contribution < 1.29 is 5.11 Å². The summed E-state index contributed by atoms with van der Waals surface area (Å²) in [5.41, 5.74) is 2.40. The minimum Gasteiger partial charge on any atom is -0.392 e. The Hall–Kier alpha value is -1.34. The van der Waals surface area contributed by atoms with Crippen LogP contribution in [0.2, 0.25) is 0 Å². The van der Waals surface area contributed by atoms with Crippen LogP contribution in [-0.2, 0) is 0 Å². The molecule has 1 heteroatoms. The van der Waals surface area contributed by atoms with E-state index < -0.39 is 0 Å². The molecule has 0 radical (unpaired) electrons. The topological polar surface area (TPSA) is 20.2 Å². The van der Waals surface area contributed by atoms with Crippen molar-refractivity contribution in [2.24, 2.45) is 0 Å². The van der Waals surface area contributed by atoms with Gasteiger partial charge in [0, 0.05) is 0 Å². The maximum atomic E-state index is 8.88. The number of hydrogen-bond acceptors (Lipinski definition) is 1. The zero-order valence-electron chi connectivity index (χ0n) is 14.1. The molecule has 1 aromatic carbocycles. The number of benzene rings is 1. The lowest BCUT2D eigenvalue weighted by molar-refractivity contribution is 0.343. The Morgan fingerprint density at radius 2 is 1.32 bits per heavy atom. The van der Waals surface area contributed by atoms with E-state index in [1.54, 1.807) is 6.08 Å². The van der Waals surface area contributed by atoms with Crippen LogP contribution in [0.15, 0.2) is 36.4 Å². The molecule has 0 aliphatic carbocycles. The Balaban J connectivity index is 2.19. The fraction of sp³-hybridized carbons (Fsp3) is 0.524. The quantitative estimate of drug-likeness (QED) is 0.453. The van der Waals surface area contributed by atoms with Crippen molar-refractivity contribution in [3.63, 3.8) is 0 Å². The molecular weight excluding hydrogens is 268 g/mol. The van der Waals surface area contributed by atoms with Crippen LogP contribution in [0.3, 0.4) is 0 Å². The maximum Gasteiger partial charge on any atom is 0.0615 e. The first-order chi connectivity index (χ1) is 10.9. The van der Waals surface area contributed by atoms with Gasteiger partial charge in [0.2, 0.25) is 0 Å². The molecule has 0 aromatic heterocycles. The minimum atomic E-state index is 0.0936. The lowest BCUT2D eigenvalue weighted by Gasteiger charge is -2.01. The summed E-state index contributed by atoms with van der Waals surface area (Å²) >= 11 is 0. The van der Waals surface area contributed by atoms with Crippen LogP contribution in [-0.4, -0.2) is 11.7 Å². The molecule has 0 fully saturated rings. The van der Waals surface area contributed by atoms with E-state index in [2.05, 4.69) is 37.3 Å². The van der Waals surface area contributed by atoms with Gasteiger partial charge in [-0.05, 0) is 24.0 Å². The summed E-state index contributed by atoms with van der Waals surface area (Å²) in [6.07, 6.45) is 20.4. The van der Waals surface area contributed by atoms with E-state index in [9.17, 15) is 0 Å². The summed E-state index contributed by atoms with van der Waals surface area (Å²) < 4.78 is 0. The molecule has 0 saturated carbocycles. The second-order valence-corrected chi connectivity index (χ2v) is 5.88. The van der Waals surface area contributed by atoms with Gasteiger partial charge < -0.3 is 5.11 Å². The molecule has 1 aromatic rings. The van der Waals surface area contributed by atoms with Gasteiger partial charge in [-0.25, -0.2) is 0 Å². The molecule has 122 valence electrons. The van der Waals surface area contributed by atoms with Crippen molar-refractivity contribution in [1.82, 2.24) is 0 Å². The molecular formula is C21H32O. The predicted molar refractivity (Wildman–Crippen MR) is 98.8 cm³/mol. The Labute approximate surface area is 136 Å². The molecule has 0 amide bonds. The third kappa shape index (κ3) is 8.84. The van der Waals surface area contributed by atoms with Crippen molar-refractivity contribution in [2.75, 3.05) is 6.61 Å². The summed E-state index contributed by atoms with van der Waals surface area (Å²) in [6.45, 7) is 2.36. The van der Waals surface area contributed by atoms with Gasteiger partial charge >= 0.3 is 0 Å². The summed E-state index contributed by atoms with van der Waals surface area (Å²) in [6, 6.07) is 8.31. The fourth-order valence-corrected chi connectivity index (χ4v) is 2.60. The summed E-state index contributed by atoms with van der Waals surface area (Å²) in [5, 5.41) is 8.88. The number of rotatable bonds is 12. The minimum absolute atomic E-state index is 0.0936. The van der Waals surface area contributed by atoms with Crippen LogP contribution < -0.4 is 0 Å². The average molecular weight is 300 g/mol. The molecule has 0 spiro atoms. The van der Waals surface area contributed by atoms with Crippen molar-refractivity contribution in [3.8, 4) is 0 Å². The first-order valence-electron chi connectivity index (χ1n) is 8.91. The van der Waals surface area contributed by atoms with Crippen LogP contribution in [0.5, 0.6) is 0 Å². The molecule has 0 unspecified atom stereocenters. The van der Waals surface area contributed by atoms with Crippen molar-refractivity contribution >= 4 is 12.2 Å². The highest BCUT2D eigenvalue weighted by Gasteiger charge is 1.94. The normalized spacial score (nSPS) is 11.7. The number of aliphatic hydroxyl groups excluding tert-OH is 1. The first-order valence-corrected chi connectivity index (χ1v) is 8.91. The monoisotopic (exact) mass is 300 g/mol. The van der Waals surface area contributed by atoms with E-state index in [1.807, 2.05) is 12.1 Å². The van der Waals surface area contributed by atoms with Crippen molar-refractivity contribution in [3.05, 3.63) is 47.5 Å². The van der Waals surface area contributed by atoms with E-state index in [0.717, 1.165) is 6.42 Å². The molecule has 0 saturated heterocycles. The Kier molecular flexibility index (Phi) is 11.3. The Bertz CT molecular complexity index is 431. The van der Waals surface area contributed by atoms with Gasteiger partial charge in [-0.2, -0.15) is 0 Å². The fourth-order valence-electron chi connectivity index (χ4n) is 2.60. The number of hydrogen-bond donors (Lipinski definition) is 1. The van der Waals surface area contributed by atoms with E-state index in [0.29, 0.717) is 0 Å². The summed E-state index contributed by atoms with van der Waals surface area (Å²) in [4.78, 5) is 0.